The second-order valence-electron chi connectivity index (χ2n) is 14.5. The van der Waals surface area contributed by atoms with Gasteiger partial charge in [0, 0.05) is 54.8 Å². The van der Waals surface area contributed by atoms with E-state index < -0.39 is 69.4 Å². The number of aliphatic carboxylic acids is 1. The number of nitrogens with zero attached hydrogens (tertiary/aromatic N) is 3. The molecule has 0 radical (unpaired) electrons. The zero-order valence-electron chi connectivity index (χ0n) is 30.0. The number of benzene rings is 1. The third-order valence-electron chi connectivity index (χ3n) is 10.9. The number of hydrogen-bond acceptors (Lipinski definition) is 8. The maximum atomic E-state index is 15.0. The Morgan fingerprint density at radius 1 is 1.00 bits per heavy atom. The summed E-state index contributed by atoms with van der Waals surface area (Å²) in [5.74, 6) is -2.79. The van der Waals surface area contributed by atoms with E-state index in [4.69, 9.17) is 15.2 Å². The molecule has 6 rings (SSSR count). The number of alkyl halides is 6. The minimum Gasteiger partial charge on any atom is -0.490 e. The predicted octanol–water partition coefficient (Wildman–Crippen LogP) is 7.51. The molecule has 1 saturated carbocycles. The molecule has 1 aromatic carbocycles. The summed E-state index contributed by atoms with van der Waals surface area (Å²) in [5.41, 5.74) is 2.66. The molecule has 3 fully saturated rings. The number of piperidine rings is 2. The van der Waals surface area contributed by atoms with Crippen molar-refractivity contribution in [2.75, 3.05) is 19.6 Å². The Hall–Kier alpha value is -4.38. The molecule has 10 nitrogen and oxygen atoms in total. The molecule has 3 N–H and O–H groups in total. The average molecular weight is 797 g/mol. The van der Waals surface area contributed by atoms with Gasteiger partial charge in [-0.3, -0.25) is 19.4 Å². The van der Waals surface area contributed by atoms with Gasteiger partial charge < -0.3 is 30.1 Å². The van der Waals surface area contributed by atoms with E-state index in [1.807, 2.05) is 6.07 Å². The van der Waals surface area contributed by atoms with Crippen LogP contribution < -0.4 is 15.2 Å². The fraction of sp³-hybridized carbons (Fsp3) is 0.526. The average Bonchev–Trinajstić information content (AvgIpc) is 3.82. The molecule has 4 heterocycles. The third-order valence-corrected chi connectivity index (χ3v) is 11.9. The fourth-order valence-corrected chi connectivity index (χ4v) is 8.83. The molecule has 3 aliphatic rings. The normalized spacial score (nSPS) is 24.4. The molecule has 3 aromatic rings. The van der Waals surface area contributed by atoms with Gasteiger partial charge in [0.2, 0.25) is 5.60 Å². The van der Waals surface area contributed by atoms with Crippen molar-refractivity contribution in [2.45, 2.75) is 100 Å². The molecule has 0 spiro atoms. The summed E-state index contributed by atoms with van der Waals surface area (Å²) in [7, 11) is 0. The van der Waals surface area contributed by atoms with Gasteiger partial charge >= 0.3 is 18.3 Å². The first kappa shape index (κ1) is 40.3. The summed E-state index contributed by atoms with van der Waals surface area (Å²) < 4.78 is 95.9. The largest absolute Gasteiger partial charge is 0.490 e. The maximum Gasteiger partial charge on any atom is 0.425 e. The third kappa shape index (κ3) is 8.27. The lowest BCUT2D eigenvalue weighted by atomic mass is 9.77. The molecule has 2 saturated heterocycles. The number of likely N-dealkylation sites (tertiary alicyclic amines) is 2. The highest BCUT2D eigenvalue weighted by molar-refractivity contribution is 7.10. The Balaban J connectivity index is 1.31. The SMILES string of the molecule is CCC[C@H]1N(C(=O)c2ncccc2C(F)(F)F)CCC[C@@]1(Oc1csc(C(F)(F)F)c1)C(=O)N1CCC(N)(c2ccccc2O[C@@H]2CC[C@@H](C(=O)O)C2)CC1. The van der Waals surface area contributed by atoms with E-state index in [1.165, 1.54) is 4.90 Å². The number of hydrogen-bond donors (Lipinski definition) is 2. The first-order valence-electron chi connectivity index (χ1n) is 18.2. The fourth-order valence-electron chi connectivity index (χ4n) is 8.15. The summed E-state index contributed by atoms with van der Waals surface area (Å²) in [6.45, 7) is 1.89. The van der Waals surface area contributed by atoms with Crippen LogP contribution in [0.15, 0.2) is 54.0 Å². The van der Waals surface area contributed by atoms with Gasteiger partial charge in [-0.05, 0) is 63.1 Å². The molecule has 298 valence electrons. The Morgan fingerprint density at radius 2 is 1.73 bits per heavy atom. The smallest absolute Gasteiger partial charge is 0.425 e. The van der Waals surface area contributed by atoms with Crippen LogP contribution in [0.25, 0.3) is 0 Å². The standard InChI is InChI=1S/C38H42F6N4O6S/c1-2-7-29-36(54-25-21-30(55-22-25)38(42,43)44,13-6-17-48(29)32(49)31-27(37(39,40)41)9-5-16-46-31)34(52)47-18-14-35(45,15-19-47)26-8-3-4-10-28(26)53-24-12-11-23(20-24)33(50)51/h3-5,8-10,16,21-24,29H,2,6-7,11-15,17-20,45H2,1H3,(H,50,51)/t23-,24-,29-,36+/m1/s1. The number of carboxylic acids is 1. The molecular formula is C38H42F6N4O6S. The lowest BCUT2D eigenvalue weighted by molar-refractivity contribution is -0.161. The van der Waals surface area contributed by atoms with E-state index in [-0.39, 0.29) is 63.6 Å². The summed E-state index contributed by atoms with van der Waals surface area (Å²) in [6, 6.07) is 8.60. The summed E-state index contributed by atoms with van der Waals surface area (Å²) >= 11 is 0.378. The van der Waals surface area contributed by atoms with Crippen molar-refractivity contribution >= 4 is 29.1 Å². The lowest BCUT2D eigenvalue weighted by Crippen LogP contribution is -2.69. The van der Waals surface area contributed by atoms with Crippen molar-refractivity contribution in [3.63, 3.8) is 0 Å². The minimum absolute atomic E-state index is 0.0223. The highest BCUT2D eigenvalue weighted by Crippen LogP contribution is 2.44. The second kappa shape index (κ2) is 15.6. The van der Waals surface area contributed by atoms with E-state index in [1.54, 1.807) is 25.1 Å². The molecule has 1 aliphatic carbocycles. The van der Waals surface area contributed by atoms with Crippen molar-refractivity contribution in [3.05, 3.63) is 75.7 Å². The number of nitrogens with two attached hydrogens (primary N) is 1. The van der Waals surface area contributed by atoms with E-state index in [0.29, 0.717) is 48.3 Å². The molecular weight excluding hydrogens is 754 g/mol. The highest BCUT2D eigenvalue weighted by Gasteiger charge is 2.56. The van der Waals surface area contributed by atoms with Gasteiger partial charge in [0.25, 0.3) is 11.8 Å². The zero-order chi connectivity index (χ0) is 39.8. The predicted molar refractivity (Wildman–Crippen MR) is 188 cm³/mol. The van der Waals surface area contributed by atoms with Gasteiger partial charge in [-0.2, -0.15) is 26.3 Å². The van der Waals surface area contributed by atoms with Crippen LogP contribution >= 0.6 is 11.3 Å². The van der Waals surface area contributed by atoms with Crippen molar-refractivity contribution in [2.24, 2.45) is 11.7 Å². The van der Waals surface area contributed by atoms with Gasteiger partial charge in [-0.25, -0.2) is 0 Å². The summed E-state index contributed by atoms with van der Waals surface area (Å²) in [6.07, 6.45) is -6.44. The Labute approximate surface area is 317 Å². The van der Waals surface area contributed by atoms with Crippen LogP contribution in [-0.4, -0.2) is 75.1 Å². The molecule has 17 heteroatoms. The number of carbonyl (C=O) groups is 3. The molecule has 2 aromatic heterocycles. The number of halogens is 6. The maximum absolute atomic E-state index is 15.0. The van der Waals surface area contributed by atoms with Crippen LogP contribution in [-0.2, 0) is 27.5 Å². The number of rotatable bonds is 10. The monoisotopic (exact) mass is 796 g/mol. The number of carbonyl (C=O) groups excluding carboxylic acids is 2. The van der Waals surface area contributed by atoms with E-state index in [0.717, 1.165) is 34.7 Å². The highest BCUT2D eigenvalue weighted by atomic mass is 32.1. The second-order valence-corrected chi connectivity index (χ2v) is 15.4. The van der Waals surface area contributed by atoms with Crippen molar-refractivity contribution in [1.29, 1.82) is 0 Å². The topological polar surface area (TPSA) is 135 Å². The quantitative estimate of drug-likeness (QED) is 0.202. The summed E-state index contributed by atoms with van der Waals surface area (Å²) in [5, 5.41) is 10.6. The molecule has 2 aliphatic heterocycles. The van der Waals surface area contributed by atoms with E-state index in [9.17, 15) is 45.8 Å². The van der Waals surface area contributed by atoms with Crippen LogP contribution in [0, 0.1) is 5.92 Å². The van der Waals surface area contributed by atoms with Gasteiger partial charge in [0.1, 0.15) is 22.1 Å². The van der Waals surface area contributed by atoms with Crippen LogP contribution in [0.3, 0.4) is 0 Å². The molecule has 55 heavy (non-hydrogen) atoms. The Morgan fingerprint density at radius 3 is 2.36 bits per heavy atom. The van der Waals surface area contributed by atoms with Crippen molar-refractivity contribution < 1.29 is 55.3 Å². The van der Waals surface area contributed by atoms with Crippen LogP contribution in [0.4, 0.5) is 26.3 Å². The first-order valence-corrected chi connectivity index (χ1v) is 19.1. The number of pyridine rings is 1. The van der Waals surface area contributed by atoms with Crippen molar-refractivity contribution in [1.82, 2.24) is 14.8 Å². The Kier molecular flexibility index (Phi) is 11.5. The number of ether oxygens (including phenoxy) is 2. The van der Waals surface area contributed by atoms with E-state index >= 15 is 0 Å². The molecule has 0 bridgehead atoms. The minimum atomic E-state index is -4.91. The number of carboxylic acid groups (broad SMARTS) is 1. The van der Waals surface area contributed by atoms with Gasteiger partial charge in [0.15, 0.2) is 0 Å². The molecule has 4 atom stereocenters. The van der Waals surface area contributed by atoms with Gasteiger partial charge in [-0.15, -0.1) is 11.3 Å². The van der Waals surface area contributed by atoms with E-state index in [2.05, 4.69) is 4.98 Å². The summed E-state index contributed by atoms with van der Waals surface area (Å²) in [4.78, 5) is 46.0. The van der Waals surface area contributed by atoms with Crippen LogP contribution in [0.1, 0.15) is 91.2 Å². The van der Waals surface area contributed by atoms with Crippen molar-refractivity contribution in [3.8, 4) is 11.5 Å². The van der Waals surface area contributed by atoms with Gasteiger partial charge in [-0.1, -0.05) is 31.5 Å². The lowest BCUT2D eigenvalue weighted by Gasteiger charge is -2.51. The van der Waals surface area contributed by atoms with Gasteiger partial charge in [0.05, 0.1) is 23.6 Å². The number of para-hydroxylation sites is 1. The Bertz CT molecular complexity index is 1880. The number of aromatic nitrogens is 1. The number of amides is 2. The van der Waals surface area contributed by atoms with Crippen LogP contribution in [0.5, 0.6) is 11.5 Å². The molecule has 2 amide bonds. The number of thiophene rings is 1. The zero-order valence-corrected chi connectivity index (χ0v) is 30.8. The first-order chi connectivity index (χ1) is 26.0. The molecule has 0 unspecified atom stereocenters. The van der Waals surface area contributed by atoms with Crippen LogP contribution in [0.2, 0.25) is 0 Å².